The van der Waals surface area contributed by atoms with Gasteiger partial charge in [-0.1, -0.05) is 41.4 Å². The van der Waals surface area contributed by atoms with Gasteiger partial charge in [-0.25, -0.2) is 9.78 Å². The summed E-state index contributed by atoms with van der Waals surface area (Å²) in [7, 11) is 1.98. The summed E-state index contributed by atoms with van der Waals surface area (Å²) in [5, 5.41) is 11.8. The number of piperidine rings is 1. The summed E-state index contributed by atoms with van der Waals surface area (Å²) in [4.78, 5) is 32.0. The average Bonchev–Trinajstić information content (AvgIpc) is 3.17. The fourth-order valence-electron chi connectivity index (χ4n) is 4.99. The highest BCUT2D eigenvalue weighted by Crippen LogP contribution is 2.38. The van der Waals surface area contributed by atoms with Crippen molar-refractivity contribution in [3.8, 4) is 0 Å². The van der Waals surface area contributed by atoms with Gasteiger partial charge in [0, 0.05) is 13.0 Å². The van der Waals surface area contributed by atoms with Gasteiger partial charge in [-0.2, -0.15) is 0 Å². The predicted octanol–water partition coefficient (Wildman–Crippen LogP) is 1.24. The number of hydrogen-bond acceptors (Lipinski definition) is 6. The number of ether oxygens (including phenoxy) is 2. The van der Waals surface area contributed by atoms with Crippen LogP contribution in [-0.2, 0) is 22.6 Å². The van der Waals surface area contributed by atoms with Crippen LogP contribution in [0.1, 0.15) is 30.4 Å². The molecule has 2 fully saturated rings. The van der Waals surface area contributed by atoms with E-state index in [1.807, 2.05) is 57.2 Å². The summed E-state index contributed by atoms with van der Waals surface area (Å²) in [6, 6.07) is 12.9. The molecule has 1 unspecified atom stereocenters. The minimum Gasteiger partial charge on any atom is -0.445 e. The molecule has 3 aromatic rings. The van der Waals surface area contributed by atoms with Crippen LogP contribution in [0, 0.1) is 6.92 Å². The normalized spacial score (nSPS) is 24.2. The second kappa shape index (κ2) is 8.89. The van der Waals surface area contributed by atoms with E-state index < -0.39 is 11.9 Å². The highest BCUT2D eigenvalue weighted by atomic mass is 16.6. The smallest absolute Gasteiger partial charge is 0.410 e. The molecule has 0 bridgehead atoms. The van der Waals surface area contributed by atoms with Crippen LogP contribution in [0.25, 0.3) is 10.9 Å². The third-order valence-corrected chi connectivity index (χ3v) is 6.91. The summed E-state index contributed by atoms with van der Waals surface area (Å²) in [6.45, 7) is 2.64. The number of carbonyl (C=O) groups excluding carboxylic acids is 1. The van der Waals surface area contributed by atoms with Gasteiger partial charge in [-0.15, -0.1) is 0 Å². The number of amides is 1. The first-order chi connectivity index (χ1) is 16.3. The van der Waals surface area contributed by atoms with Crippen molar-refractivity contribution in [2.45, 2.75) is 57.3 Å². The number of aromatic nitrogens is 2. The summed E-state index contributed by atoms with van der Waals surface area (Å²) < 4.78 is 13.0. The lowest BCUT2D eigenvalue weighted by atomic mass is 9.90. The molecule has 176 valence electrons. The van der Waals surface area contributed by atoms with E-state index in [1.54, 1.807) is 4.90 Å². The Bertz CT molecular complexity index is 1280. The summed E-state index contributed by atoms with van der Waals surface area (Å²) in [5.41, 5.74) is 3.40. The monoisotopic (exact) mass is 461 g/mol. The third kappa shape index (κ3) is 4.33. The molecule has 2 saturated heterocycles. The van der Waals surface area contributed by atoms with E-state index in [1.165, 1.54) is 10.9 Å². The molecule has 2 aromatic carbocycles. The van der Waals surface area contributed by atoms with E-state index in [0.29, 0.717) is 17.4 Å². The van der Waals surface area contributed by atoms with Crippen molar-refractivity contribution in [3.63, 3.8) is 0 Å². The van der Waals surface area contributed by atoms with Gasteiger partial charge in [0.25, 0.3) is 5.56 Å². The molecular weight excluding hydrogens is 433 g/mol. The van der Waals surface area contributed by atoms with Crippen molar-refractivity contribution in [1.29, 1.82) is 0 Å². The van der Waals surface area contributed by atoms with Crippen LogP contribution >= 0.6 is 0 Å². The molecule has 34 heavy (non-hydrogen) atoms. The van der Waals surface area contributed by atoms with Crippen LogP contribution in [0.5, 0.6) is 0 Å². The summed E-state index contributed by atoms with van der Waals surface area (Å²) in [5.74, 6) is -1.57. The van der Waals surface area contributed by atoms with Gasteiger partial charge in [0.15, 0.2) is 5.79 Å². The Morgan fingerprint density at radius 3 is 2.91 bits per heavy atom. The SMILES string of the molecule is Bc1cc2ncn(CC3(O)C[C@@H]4[C@H](CCCN4C(=O)OCc4ccccc4)O3)c(=O)c2cc1C. The molecule has 0 radical (unpaired) electrons. The highest BCUT2D eigenvalue weighted by Gasteiger charge is 2.50. The number of hydrogen-bond donors (Lipinski definition) is 1. The van der Waals surface area contributed by atoms with E-state index in [4.69, 9.17) is 9.47 Å². The van der Waals surface area contributed by atoms with Crippen LogP contribution < -0.4 is 11.0 Å². The minimum atomic E-state index is -1.57. The molecule has 2 aliphatic rings. The lowest BCUT2D eigenvalue weighted by Crippen LogP contribution is -2.49. The quantitative estimate of drug-likeness (QED) is 0.588. The molecule has 9 heteroatoms. The van der Waals surface area contributed by atoms with Gasteiger partial charge in [-0.3, -0.25) is 9.36 Å². The van der Waals surface area contributed by atoms with Gasteiger partial charge in [-0.05, 0) is 37.5 Å². The van der Waals surface area contributed by atoms with Gasteiger partial charge < -0.3 is 19.5 Å². The summed E-state index contributed by atoms with van der Waals surface area (Å²) >= 11 is 0. The number of aryl methyl sites for hydroxylation is 1. The Morgan fingerprint density at radius 2 is 2.12 bits per heavy atom. The van der Waals surface area contributed by atoms with Gasteiger partial charge in [0.05, 0.1) is 35.9 Å². The molecule has 8 nitrogen and oxygen atoms in total. The maximum Gasteiger partial charge on any atom is 0.410 e. The van der Waals surface area contributed by atoms with Gasteiger partial charge >= 0.3 is 6.09 Å². The zero-order valence-corrected chi connectivity index (χ0v) is 19.4. The molecule has 3 heterocycles. The molecule has 1 aromatic heterocycles. The topological polar surface area (TPSA) is 93.9 Å². The molecule has 0 aliphatic carbocycles. The van der Waals surface area contributed by atoms with E-state index in [-0.39, 0.29) is 37.3 Å². The lowest BCUT2D eigenvalue weighted by Gasteiger charge is -2.35. The number of rotatable bonds is 4. The molecule has 0 spiro atoms. The van der Waals surface area contributed by atoms with Crippen molar-refractivity contribution in [3.05, 3.63) is 70.3 Å². The molecule has 1 amide bonds. The molecular formula is C25H28BN3O5. The lowest BCUT2D eigenvalue weighted by molar-refractivity contribution is -0.202. The van der Waals surface area contributed by atoms with E-state index in [0.717, 1.165) is 29.4 Å². The van der Waals surface area contributed by atoms with Crippen LogP contribution in [-0.4, -0.2) is 58.0 Å². The maximum atomic E-state index is 13.1. The van der Waals surface area contributed by atoms with Crippen molar-refractivity contribution in [1.82, 2.24) is 14.5 Å². The Kier molecular flexibility index (Phi) is 5.91. The number of nitrogens with zero attached hydrogens (tertiary/aromatic N) is 3. The van der Waals surface area contributed by atoms with Crippen LogP contribution in [0.4, 0.5) is 4.79 Å². The third-order valence-electron chi connectivity index (χ3n) is 6.91. The number of carbonyl (C=O) groups is 1. The summed E-state index contributed by atoms with van der Waals surface area (Å²) in [6.07, 6.45) is 2.43. The number of fused-ring (bicyclic) bond motifs is 2. The Labute approximate surface area is 198 Å². The first-order valence-corrected chi connectivity index (χ1v) is 11.7. The predicted molar refractivity (Wildman–Crippen MR) is 130 cm³/mol. The first kappa shape index (κ1) is 22.6. The van der Waals surface area contributed by atoms with Crippen molar-refractivity contribution < 1.29 is 19.4 Å². The van der Waals surface area contributed by atoms with Gasteiger partial charge in [0.1, 0.15) is 14.5 Å². The molecule has 0 saturated carbocycles. The molecule has 1 N–H and O–H groups in total. The zero-order chi connectivity index (χ0) is 23.9. The Balaban J connectivity index is 1.32. The number of benzene rings is 2. The first-order valence-electron chi connectivity index (χ1n) is 11.7. The molecule has 5 rings (SSSR count). The van der Waals surface area contributed by atoms with E-state index in [9.17, 15) is 14.7 Å². The van der Waals surface area contributed by atoms with Crippen molar-refractivity contribution in [2.75, 3.05) is 6.54 Å². The second-order valence-electron chi connectivity index (χ2n) is 9.38. The van der Waals surface area contributed by atoms with Crippen LogP contribution in [0.3, 0.4) is 0 Å². The second-order valence-corrected chi connectivity index (χ2v) is 9.38. The van der Waals surface area contributed by atoms with E-state index in [2.05, 4.69) is 4.98 Å². The molecule has 3 atom stereocenters. The largest absolute Gasteiger partial charge is 0.445 e. The zero-order valence-electron chi connectivity index (χ0n) is 19.4. The van der Waals surface area contributed by atoms with Gasteiger partial charge in [0.2, 0.25) is 0 Å². The Hall–Kier alpha value is -3.17. The van der Waals surface area contributed by atoms with Crippen LogP contribution in [0.15, 0.2) is 53.6 Å². The fourth-order valence-corrected chi connectivity index (χ4v) is 4.99. The van der Waals surface area contributed by atoms with E-state index >= 15 is 0 Å². The highest BCUT2D eigenvalue weighted by molar-refractivity contribution is 6.34. The maximum absolute atomic E-state index is 13.1. The number of likely N-dealkylation sites (tertiary alicyclic amines) is 1. The standard InChI is InChI=1S/C25H28BN3O5/c1-16-10-18-20(11-19(16)26)27-15-28(23(18)30)14-25(32)12-21-22(34-25)8-5-9-29(21)24(31)33-13-17-6-3-2-4-7-17/h2-4,6-7,10-11,15,21-22,32H,5,8-9,12-14,26H2,1H3/t21-,22+,25?/m1/s1. The average molecular weight is 461 g/mol. The minimum absolute atomic E-state index is 0.0540. The van der Waals surface area contributed by atoms with Crippen LogP contribution in [0.2, 0.25) is 0 Å². The molecule has 2 aliphatic heterocycles. The number of aliphatic hydroxyl groups is 1. The fraction of sp³-hybridized carbons (Fsp3) is 0.400. The van der Waals surface area contributed by atoms with Crippen molar-refractivity contribution >= 4 is 30.3 Å². The van der Waals surface area contributed by atoms with Crippen molar-refractivity contribution in [2.24, 2.45) is 0 Å². The Morgan fingerprint density at radius 1 is 1.32 bits per heavy atom.